The lowest BCUT2D eigenvalue weighted by Crippen LogP contribution is -2.34. The summed E-state index contributed by atoms with van der Waals surface area (Å²) in [5.74, 6) is 5.82. The molecule has 1 aromatic rings. The van der Waals surface area contributed by atoms with Gasteiger partial charge in [0.15, 0.2) is 0 Å². The highest BCUT2D eigenvalue weighted by atomic mass is 16.5. The van der Waals surface area contributed by atoms with Gasteiger partial charge in [0.2, 0.25) is 0 Å². The third-order valence-electron chi connectivity index (χ3n) is 2.89. The monoisotopic (exact) mass is 250 g/mol. The largest absolute Gasteiger partial charge is 0.380 e. The van der Waals surface area contributed by atoms with Crippen molar-refractivity contribution in [2.45, 2.75) is 26.7 Å². The number of rotatable bonds is 4. The molecular formula is C14H22N2O2. The average Bonchev–Trinajstić information content (AvgIpc) is 2.28. The van der Waals surface area contributed by atoms with Gasteiger partial charge in [0.05, 0.1) is 24.8 Å². The first-order chi connectivity index (χ1) is 8.69. The highest BCUT2D eigenvalue weighted by Crippen LogP contribution is 2.13. The van der Waals surface area contributed by atoms with Crippen LogP contribution in [0.5, 0.6) is 0 Å². The number of ketones is 1. The first-order valence-corrected chi connectivity index (χ1v) is 6.31. The summed E-state index contributed by atoms with van der Waals surface area (Å²) in [6.45, 7) is 5.37. The number of ether oxygens (including phenoxy) is 1. The van der Waals surface area contributed by atoms with Crippen LogP contribution in [0.15, 0.2) is 24.3 Å². The number of hydrogen-bond acceptors (Lipinski definition) is 4. The van der Waals surface area contributed by atoms with E-state index < -0.39 is 0 Å². The molecule has 18 heavy (non-hydrogen) atoms. The topological polar surface area (TPSA) is 64.3 Å². The van der Waals surface area contributed by atoms with Gasteiger partial charge in [-0.25, -0.2) is 0 Å². The number of nitrogens with two attached hydrogens (primary N) is 1. The molecule has 0 saturated carbocycles. The van der Waals surface area contributed by atoms with Gasteiger partial charge in [-0.3, -0.25) is 10.6 Å². The van der Waals surface area contributed by atoms with Gasteiger partial charge in [0.25, 0.3) is 0 Å². The van der Waals surface area contributed by atoms with Crippen LogP contribution in [0, 0.1) is 12.8 Å². The Labute approximate surface area is 108 Å². The molecule has 1 aliphatic rings. The summed E-state index contributed by atoms with van der Waals surface area (Å²) >= 11 is 0. The highest BCUT2D eigenvalue weighted by Gasteiger charge is 2.24. The summed E-state index contributed by atoms with van der Waals surface area (Å²) < 4.78 is 4.88. The molecule has 0 radical (unpaired) electrons. The molecule has 0 aliphatic carbocycles. The number of anilines is 1. The van der Waals surface area contributed by atoms with E-state index in [-0.39, 0.29) is 5.92 Å². The van der Waals surface area contributed by atoms with Gasteiger partial charge >= 0.3 is 0 Å². The zero-order valence-electron chi connectivity index (χ0n) is 11.1. The van der Waals surface area contributed by atoms with Gasteiger partial charge in [-0.1, -0.05) is 25.1 Å². The molecule has 0 bridgehead atoms. The van der Waals surface area contributed by atoms with Crippen molar-refractivity contribution in [1.82, 2.24) is 0 Å². The summed E-state index contributed by atoms with van der Waals surface area (Å²) in [6.07, 6.45) is 1.70. The van der Waals surface area contributed by atoms with Crippen molar-refractivity contribution in [2.24, 2.45) is 11.8 Å². The molecule has 1 saturated heterocycles. The van der Waals surface area contributed by atoms with E-state index >= 15 is 0 Å². The van der Waals surface area contributed by atoms with Crippen molar-refractivity contribution in [3.05, 3.63) is 29.8 Å². The summed E-state index contributed by atoms with van der Waals surface area (Å²) in [5.41, 5.74) is 4.75. The van der Waals surface area contributed by atoms with Gasteiger partial charge in [-0.05, 0) is 25.0 Å². The van der Waals surface area contributed by atoms with Crippen LogP contribution in [0.25, 0.3) is 0 Å². The van der Waals surface area contributed by atoms with E-state index in [4.69, 9.17) is 10.6 Å². The highest BCUT2D eigenvalue weighted by molar-refractivity contribution is 5.81. The van der Waals surface area contributed by atoms with Gasteiger partial charge in [-0.2, -0.15) is 0 Å². The lowest BCUT2D eigenvalue weighted by molar-refractivity contribution is -0.136. The van der Waals surface area contributed by atoms with Crippen LogP contribution in [-0.2, 0) is 9.53 Å². The minimum Gasteiger partial charge on any atom is -0.380 e. The minimum atomic E-state index is 0.241. The standard InChI is InChI=1S/C7H10N2.C7H12O2/c1-6-4-2-3-5-7(6)9-8;1-2-3-7(8)6-4-9-5-6/h2-5,9H,8H2,1H3;6H,2-5H2,1H3. The van der Waals surface area contributed by atoms with Crippen LogP contribution in [0.3, 0.4) is 0 Å². The molecule has 1 aliphatic heterocycles. The first-order valence-electron chi connectivity index (χ1n) is 6.31. The van der Waals surface area contributed by atoms with Crippen molar-refractivity contribution >= 4 is 11.5 Å². The summed E-state index contributed by atoms with van der Waals surface area (Å²) in [4.78, 5) is 10.9. The molecule has 100 valence electrons. The van der Waals surface area contributed by atoms with E-state index in [2.05, 4.69) is 5.43 Å². The van der Waals surface area contributed by atoms with E-state index in [1.165, 1.54) is 5.56 Å². The van der Waals surface area contributed by atoms with Crippen LogP contribution in [0.4, 0.5) is 5.69 Å². The predicted octanol–water partition coefficient (Wildman–Crippen LogP) is 2.28. The number of hydrogen-bond donors (Lipinski definition) is 2. The minimum absolute atomic E-state index is 0.241. The predicted molar refractivity (Wildman–Crippen MR) is 73.2 cm³/mol. The second kappa shape index (κ2) is 7.84. The van der Waals surface area contributed by atoms with Crippen LogP contribution in [0.2, 0.25) is 0 Å². The van der Waals surface area contributed by atoms with Crippen molar-refractivity contribution < 1.29 is 9.53 Å². The molecule has 1 fully saturated rings. The maximum Gasteiger partial charge on any atom is 0.140 e. The molecule has 0 atom stereocenters. The summed E-state index contributed by atoms with van der Waals surface area (Å²) in [7, 11) is 0. The second-order valence-corrected chi connectivity index (χ2v) is 4.41. The Morgan fingerprint density at radius 2 is 2.11 bits per heavy atom. The van der Waals surface area contributed by atoms with E-state index in [0.717, 1.165) is 18.5 Å². The Hall–Kier alpha value is -1.39. The van der Waals surface area contributed by atoms with Crippen molar-refractivity contribution in [1.29, 1.82) is 0 Å². The van der Waals surface area contributed by atoms with E-state index in [1.54, 1.807) is 0 Å². The lowest BCUT2D eigenvalue weighted by atomic mass is 9.99. The molecule has 4 nitrogen and oxygen atoms in total. The van der Waals surface area contributed by atoms with E-state index in [1.807, 2.05) is 38.1 Å². The quantitative estimate of drug-likeness (QED) is 0.635. The first kappa shape index (κ1) is 14.7. The summed E-state index contributed by atoms with van der Waals surface area (Å²) in [5, 5.41) is 0. The van der Waals surface area contributed by atoms with Crippen LogP contribution >= 0.6 is 0 Å². The number of nitrogens with one attached hydrogen (secondary N) is 1. The Morgan fingerprint density at radius 1 is 1.44 bits per heavy atom. The fourth-order valence-electron chi connectivity index (χ4n) is 1.61. The third kappa shape index (κ3) is 4.47. The molecule has 0 aromatic heterocycles. The SMILES string of the molecule is CCCC(=O)C1COC1.Cc1ccccc1NN. The molecule has 3 N–H and O–H groups in total. The fourth-order valence-corrected chi connectivity index (χ4v) is 1.61. The molecule has 2 rings (SSSR count). The molecule has 0 spiro atoms. The molecule has 4 heteroatoms. The van der Waals surface area contributed by atoms with Crippen molar-refractivity contribution in [2.75, 3.05) is 18.6 Å². The molecule has 1 aromatic carbocycles. The van der Waals surface area contributed by atoms with Gasteiger partial charge in [-0.15, -0.1) is 0 Å². The summed E-state index contributed by atoms with van der Waals surface area (Å²) in [6, 6.07) is 7.88. The number of para-hydroxylation sites is 1. The maximum atomic E-state index is 10.9. The van der Waals surface area contributed by atoms with Crippen LogP contribution in [0.1, 0.15) is 25.3 Å². The van der Waals surface area contributed by atoms with Crippen molar-refractivity contribution in [3.63, 3.8) is 0 Å². The number of hydrazine groups is 1. The molecule has 1 heterocycles. The molecular weight excluding hydrogens is 228 g/mol. The van der Waals surface area contributed by atoms with E-state index in [9.17, 15) is 4.79 Å². The number of benzene rings is 1. The van der Waals surface area contributed by atoms with E-state index in [0.29, 0.717) is 19.0 Å². The third-order valence-corrected chi connectivity index (χ3v) is 2.89. The van der Waals surface area contributed by atoms with Crippen LogP contribution < -0.4 is 11.3 Å². The molecule has 0 unspecified atom stereocenters. The smallest absolute Gasteiger partial charge is 0.140 e. The lowest BCUT2D eigenvalue weighted by Gasteiger charge is -2.24. The van der Waals surface area contributed by atoms with Crippen molar-refractivity contribution in [3.8, 4) is 0 Å². The fraction of sp³-hybridized carbons (Fsp3) is 0.500. The van der Waals surface area contributed by atoms with Gasteiger partial charge in [0, 0.05) is 6.42 Å². The number of Topliss-reactive ketones (excluding diaryl/α,β-unsaturated/α-hetero) is 1. The van der Waals surface area contributed by atoms with Crippen LogP contribution in [-0.4, -0.2) is 19.0 Å². The Balaban J connectivity index is 0.000000180. The zero-order valence-corrected chi connectivity index (χ0v) is 11.1. The number of aryl methyl sites for hydroxylation is 1. The zero-order chi connectivity index (χ0) is 13.4. The maximum absolute atomic E-state index is 10.9. The number of nitrogen functional groups attached to an aromatic ring is 1. The Morgan fingerprint density at radius 3 is 2.50 bits per heavy atom. The Bertz CT molecular complexity index is 376. The number of carbonyl (C=O) groups excluding carboxylic acids is 1. The van der Waals surface area contributed by atoms with Gasteiger partial charge < -0.3 is 10.2 Å². The average molecular weight is 250 g/mol. The number of carbonyl (C=O) groups is 1. The second-order valence-electron chi connectivity index (χ2n) is 4.41. The normalized spacial score (nSPS) is 14.2. The van der Waals surface area contributed by atoms with Gasteiger partial charge in [0.1, 0.15) is 5.78 Å². The molecule has 0 amide bonds. The Kier molecular flexibility index (Phi) is 6.39.